The first-order valence-electron chi connectivity index (χ1n) is 9.64. The second kappa shape index (κ2) is 8.06. The molecule has 9 heteroatoms. The number of anilines is 1. The molecule has 150 valence electrons. The number of urea groups is 1. The zero-order chi connectivity index (χ0) is 19.7. The van der Waals surface area contributed by atoms with Gasteiger partial charge >= 0.3 is 6.03 Å². The smallest absolute Gasteiger partial charge is 0.328 e. The van der Waals surface area contributed by atoms with E-state index in [0.29, 0.717) is 29.4 Å². The van der Waals surface area contributed by atoms with Crippen LogP contribution in [0.2, 0.25) is 5.02 Å². The number of nitrogens with zero attached hydrogens (tertiary/aromatic N) is 3. The van der Waals surface area contributed by atoms with Crippen LogP contribution in [0.5, 0.6) is 0 Å². The molecule has 3 aliphatic rings. The Bertz CT molecular complexity index is 790. The Kier molecular flexibility index (Phi) is 5.52. The van der Waals surface area contributed by atoms with Gasteiger partial charge < -0.3 is 10.2 Å². The fourth-order valence-corrected chi connectivity index (χ4v) is 4.02. The average molecular weight is 406 g/mol. The predicted molar refractivity (Wildman–Crippen MR) is 106 cm³/mol. The molecule has 0 atom stereocenters. The van der Waals surface area contributed by atoms with Crippen LogP contribution in [0.15, 0.2) is 18.2 Å². The lowest BCUT2D eigenvalue weighted by molar-refractivity contribution is -0.120. The largest absolute Gasteiger partial charge is 0.336 e. The van der Waals surface area contributed by atoms with Gasteiger partial charge in [-0.05, 0) is 24.1 Å². The van der Waals surface area contributed by atoms with E-state index in [1.54, 1.807) is 18.2 Å². The Balaban J connectivity index is 1.42. The van der Waals surface area contributed by atoms with E-state index in [2.05, 4.69) is 15.5 Å². The summed E-state index contributed by atoms with van der Waals surface area (Å²) in [6, 6.07) is 4.45. The summed E-state index contributed by atoms with van der Waals surface area (Å²) >= 11 is 6.27. The molecule has 3 saturated heterocycles. The number of amides is 4. The van der Waals surface area contributed by atoms with Crippen molar-refractivity contribution >= 4 is 35.1 Å². The maximum atomic E-state index is 13.0. The maximum absolute atomic E-state index is 13.0. The van der Waals surface area contributed by atoms with Crippen LogP contribution in [0.1, 0.15) is 16.8 Å². The summed E-state index contributed by atoms with van der Waals surface area (Å²) in [6.45, 7) is 6.63. The number of rotatable bonds is 4. The van der Waals surface area contributed by atoms with Gasteiger partial charge in [-0.1, -0.05) is 11.6 Å². The SMILES string of the molecule is O=C1CCN(c2cc(C(=O)N3CCN(CC4CNC4)CC3)ccc2Cl)C(=O)N1. The number of imide groups is 1. The van der Waals surface area contributed by atoms with Gasteiger partial charge in [0.1, 0.15) is 0 Å². The van der Waals surface area contributed by atoms with Gasteiger partial charge in [-0.3, -0.25) is 24.7 Å². The first-order chi connectivity index (χ1) is 13.5. The first-order valence-corrected chi connectivity index (χ1v) is 10.0. The predicted octanol–water partition coefficient (Wildman–Crippen LogP) is 0.764. The molecule has 3 heterocycles. The van der Waals surface area contributed by atoms with Crippen LogP contribution < -0.4 is 15.5 Å². The minimum absolute atomic E-state index is 0.0589. The van der Waals surface area contributed by atoms with Crippen molar-refractivity contribution in [3.05, 3.63) is 28.8 Å². The number of carbonyl (C=O) groups is 3. The third-order valence-electron chi connectivity index (χ3n) is 5.58. The highest BCUT2D eigenvalue weighted by Crippen LogP contribution is 2.29. The summed E-state index contributed by atoms with van der Waals surface area (Å²) in [5, 5.41) is 5.94. The third-order valence-corrected chi connectivity index (χ3v) is 5.90. The van der Waals surface area contributed by atoms with E-state index in [1.807, 2.05) is 4.90 Å². The molecule has 4 amide bonds. The normalized spacial score (nSPS) is 21.5. The second-order valence-corrected chi connectivity index (χ2v) is 7.95. The maximum Gasteiger partial charge on any atom is 0.328 e. The van der Waals surface area contributed by atoms with E-state index in [0.717, 1.165) is 38.6 Å². The number of benzene rings is 1. The number of halogens is 1. The Morgan fingerprint density at radius 2 is 1.86 bits per heavy atom. The summed E-state index contributed by atoms with van der Waals surface area (Å²) in [5.41, 5.74) is 0.953. The van der Waals surface area contributed by atoms with Crippen LogP contribution in [-0.2, 0) is 4.79 Å². The van der Waals surface area contributed by atoms with E-state index in [-0.39, 0.29) is 24.8 Å². The first kappa shape index (κ1) is 19.2. The Hall–Kier alpha value is -2.16. The molecule has 2 N–H and O–H groups in total. The molecular weight excluding hydrogens is 382 g/mol. The van der Waals surface area contributed by atoms with E-state index in [9.17, 15) is 14.4 Å². The second-order valence-electron chi connectivity index (χ2n) is 7.54. The molecule has 3 fully saturated rings. The zero-order valence-corrected chi connectivity index (χ0v) is 16.4. The van der Waals surface area contributed by atoms with Crippen molar-refractivity contribution in [1.82, 2.24) is 20.4 Å². The summed E-state index contributed by atoms with van der Waals surface area (Å²) in [7, 11) is 0. The molecule has 8 nitrogen and oxygen atoms in total. The topological polar surface area (TPSA) is 85.0 Å². The zero-order valence-electron chi connectivity index (χ0n) is 15.6. The van der Waals surface area contributed by atoms with Gasteiger partial charge in [0.05, 0.1) is 10.7 Å². The van der Waals surface area contributed by atoms with Gasteiger partial charge in [0.2, 0.25) is 5.91 Å². The van der Waals surface area contributed by atoms with Crippen LogP contribution in [0.25, 0.3) is 0 Å². The quantitative estimate of drug-likeness (QED) is 0.772. The highest BCUT2D eigenvalue weighted by molar-refractivity contribution is 6.34. The fourth-order valence-electron chi connectivity index (χ4n) is 3.81. The molecule has 0 aromatic heterocycles. The number of carbonyl (C=O) groups excluding carboxylic acids is 3. The molecule has 0 unspecified atom stereocenters. The van der Waals surface area contributed by atoms with Crippen LogP contribution in [0, 0.1) is 5.92 Å². The standard InChI is InChI=1S/C19H24ClN5O3/c20-15-2-1-14(9-16(15)25-4-3-17(26)22-19(25)28)18(27)24-7-5-23(6-8-24)12-13-10-21-11-13/h1-2,9,13,21H,3-8,10-12H2,(H,22,26,28). The van der Waals surface area contributed by atoms with Crippen LogP contribution in [0.4, 0.5) is 10.5 Å². The average Bonchev–Trinajstić information content (AvgIpc) is 2.65. The summed E-state index contributed by atoms with van der Waals surface area (Å²) < 4.78 is 0. The molecule has 0 spiro atoms. The summed E-state index contributed by atoms with van der Waals surface area (Å²) in [6.07, 6.45) is 0.207. The third kappa shape index (κ3) is 3.99. The molecule has 28 heavy (non-hydrogen) atoms. The van der Waals surface area contributed by atoms with Crippen molar-refractivity contribution in [2.75, 3.05) is 57.3 Å². The Morgan fingerprint density at radius 1 is 1.11 bits per heavy atom. The highest BCUT2D eigenvalue weighted by Gasteiger charge is 2.29. The highest BCUT2D eigenvalue weighted by atomic mass is 35.5. The summed E-state index contributed by atoms with van der Waals surface area (Å²) in [5.74, 6) is 0.361. The van der Waals surface area contributed by atoms with E-state index >= 15 is 0 Å². The number of hydrogen-bond acceptors (Lipinski definition) is 5. The van der Waals surface area contributed by atoms with Crippen molar-refractivity contribution in [3.63, 3.8) is 0 Å². The van der Waals surface area contributed by atoms with Gasteiger partial charge in [0.15, 0.2) is 0 Å². The van der Waals surface area contributed by atoms with Crippen molar-refractivity contribution in [2.45, 2.75) is 6.42 Å². The number of piperazine rings is 1. The van der Waals surface area contributed by atoms with Gasteiger partial charge in [-0.25, -0.2) is 4.79 Å². The molecule has 0 bridgehead atoms. The fraction of sp³-hybridized carbons (Fsp3) is 0.526. The van der Waals surface area contributed by atoms with Gasteiger partial charge in [0, 0.05) is 64.3 Å². The van der Waals surface area contributed by atoms with Crippen molar-refractivity contribution in [2.24, 2.45) is 5.92 Å². The van der Waals surface area contributed by atoms with Crippen molar-refractivity contribution in [1.29, 1.82) is 0 Å². The van der Waals surface area contributed by atoms with E-state index in [4.69, 9.17) is 11.6 Å². The Labute approximate surface area is 168 Å². The van der Waals surface area contributed by atoms with Crippen LogP contribution in [-0.4, -0.2) is 80.0 Å². The van der Waals surface area contributed by atoms with Gasteiger partial charge in [-0.2, -0.15) is 0 Å². The van der Waals surface area contributed by atoms with Crippen LogP contribution >= 0.6 is 11.6 Å². The molecule has 1 aromatic carbocycles. The molecule has 4 rings (SSSR count). The molecule has 3 aliphatic heterocycles. The lowest BCUT2D eigenvalue weighted by Crippen LogP contribution is -2.54. The molecule has 0 radical (unpaired) electrons. The molecule has 0 saturated carbocycles. The van der Waals surface area contributed by atoms with E-state index < -0.39 is 6.03 Å². The molecule has 1 aromatic rings. The van der Waals surface area contributed by atoms with Gasteiger partial charge in [-0.15, -0.1) is 0 Å². The number of nitrogens with one attached hydrogen (secondary N) is 2. The lowest BCUT2D eigenvalue weighted by atomic mass is 10.0. The number of hydrogen-bond donors (Lipinski definition) is 2. The van der Waals surface area contributed by atoms with Crippen molar-refractivity contribution in [3.8, 4) is 0 Å². The summed E-state index contributed by atoms with van der Waals surface area (Å²) in [4.78, 5) is 42.1. The lowest BCUT2D eigenvalue weighted by Gasteiger charge is -2.38. The monoisotopic (exact) mass is 405 g/mol. The van der Waals surface area contributed by atoms with E-state index in [1.165, 1.54) is 4.90 Å². The van der Waals surface area contributed by atoms with Crippen LogP contribution in [0.3, 0.4) is 0 Å². The Morgan fingerprint density at radius 3 is 2.50 bits per heavy atom. The van der Waals surface area contributed by atoms with Crippen molar-refractivity contribution < 1.29 is 14.4 Å². The molecular formula is C19H24ClN5O3. The van der Waals surface area contributed by atoms with Gasteiger partial charge in [0.25, 0.3) is 5.91 Å². The minimum atomic E-state index is -0.512. The minimum Gasteiger partial charge on any atom is -0.336 e. The molecule has 0 aliphatic carbocycles.